The van der Waals surface area contributed by atoms with Gasteiger partial charge in [0, 0.05) is 22.9 Å². The first-order valence-electron chi connectivity index (χ1n) is 11.8. The van der Waals surface area contributed by atoms with Gasteiger partial charge in [0.25, 0.3) is 6.43 Å². The molecule has 2 heterocycles. The van der Waals surface area contributed by atoms with Crippen LogP contribution in [0, 0.1) is 0 Å². The summed E-state index contributed by atoms with van der Waals surface area (Å²) in [5.41, 5.74) is 0.911. The van der Waals surface area contributed by atoms with Crippen LogP contribution in [0.4, 0.5) is 14.6 Å². The Morgan fingerprint density at radius 2 is 1.48 bits per heavy atom. The standard InChI is InChI=1S/C20H18F2N4O.3C2H6/c1-2-17(27)25-11-26(12-25)20-15-9-5-6-10-16(15)23-19(24-20)14-8-4-3-7-13(14)18(21)22;3*1-2/h3-10,18H,2,11-12H2,1H3;3*1-2H3. The van der Waals surface area contributed by atoms with Gasteiger partial charge in [-0.05, 0) is 12.1 Å². The van der Waals surface area contributed by atoms with Gasteiger partial charge in [0.15, 0.2) is 5.82 Å². The first-order valence-corrected chi connectivity index (χ1v) is 11.8. The minimum atomic E-state index is -2.61. The van der Waals surface area contributed by atoms with Gasteiger partial charge >= 0.3 is 0 Å². The van der Waals surface area contributed by atoms with Crippen molar-refractivity contribution >= 4 is 22.6 Å². The Hall–Kier alpha value is -3.09. The molecule has 0 bridgehead atoms. The number of nitrogens with zero attached hydrogens (tertiary/aromatic N) is 4. The maximum atomic E-state index is 13.4. The zero-order valence-corrected chi connectivity index (χ0v) is 20.8. The molecular formula is C26H36F2N4O. The molecule has 1 aliphatic rings. The average Bonchev–Trinajstić information content (AvgIpc) is 2.86. The molecule has 180 valence electrons. The van der Waals surface area contributed by atoms with E-state index in [4.69, 9.17) is 0 Å². The highest BCUT2D eigenvalue weighted by Crippen LogP contribution is 2.34. The largest absolute Gasteiger partial charge is 0.320 e. The maximum Gasteiger partial charge on any atom is 0.264 e. The molecule has 0 N–H and O–H groups in total. The van der Waals surface area contributed by atoms with E-state index in [1.165, 1.54) is 6.07 Å². The molecule has 4 rings (SSSR count). The van der Waals surface area contributed by atoms with Crippen LogP contribution in [0.25, 0.3) is 22.3 Å². The molecule has 0 aliphatic carbocycles. The summed E-state index contributed by atoms with van der Waals surface area (Å²) in [6, 6.07) is 13.8. The molecule has 0 atom stereocenters. The van der Waals surface area contributed by atoms with Crippen molar-refractivity contribution in [1.29, 1.82) is 0 Å². The fraction of sp³-hybridized carbons (Fsp3) is 0.423. The number of para-hydroxylation sites is 1. The van der Waals surface area contributed by atoms with Gasteiger partial charge in [0.2, 0.25) is 5.91 Å². The van der Waals surface area contributed by atoms with Crippen LogP contribution in [0.1, 0.15) is 66.9 Å². The van der Waals surface area contributed by atoms with E-state index in [1.54, 1.807) is 23.1 Å². The molecular weight excluding hydrogens is 422 g/mol. The Balaban J connectivity index is 0.000000841. The normalized spacial score (nSPS) is 11.9. The molecule has 3 aromatic rings. The number of benzene rings is 2. The van der Waals surface area contributed by atoms with E-state index in [1.807, 2.05) is 77.6 Å². The average molecular weight is 459 g/mol. The summed E-state index contributed by atoms with van der Waals surface area (Å²) in [5, 5.41) is 0.833. The number of halogens is 2. The number of rotatable bonds is 4. The van der Waals surface area contributed by atoms with E-state index >= 15 is 0 Å². The van der Waals surface area contributed by atoms with Crippen LogP contribution < -0.4 is 4.90 Å². The fourth-order valence-corrected chi connectivity index (χ4v) is 3.20. The Bertz CT molecular complexity index is 1000. The van der Waals surface area contributed by atoms with Crippen molar-refractivity contribution in [2.24, 2.45) is 0 Å². The summed E-state index contributed by atoms with van der Waals surface area (Å²) in [6.45, 7) is 14.7. The fourth-order valence-electron chi connectivity index (χ4n) is 3.20. The first kappa shape index (κ1) is 27.9. The molecule has 0 radical (unpaired) electrons. The lowest BCUT2D eigenvalue weighted by atomic mass is 10.1. The Kier molecular flexibility index (Phi) is 12.0. The van der Waals surface area contributed by atoms with Gasteiger partial charge in [0.05, 0.1) is 18.9 Å². The maximum absolute atomic E-state index is 13.4. The zero-order chi connectivity index (χ0) is 25.0. The van der Waals surface area contributed by atoms with Crippen molar-refractivity contribution < 1.29 is 13.6 Å². The van der Waals surface area contributed by atoms with Crippen molar-refractivity contribution in [2.45, 2.75) is 61.3 Å². The Labute approximate surface area is 196 Å². The predicted molar refractivity (Wildman–Crippen MR) is 133 cm³/mol. The number of amides is 1. The van der Waals surface area contributed by atoms with Crippen LogP contribution >= 0.6 is 0 Å². The van der Waals surface area contributed by atoms with Crippen molar-refractivity contribution in [3.05, 3.63) is 54.1 Å². The van der Waals surface area contributed by atoms with E-state index in [9.17, 15) is 13.6 Å². The van der Waals surface area contributed by atoms with Gasteiger partial charge in [-0.1, -0.05) is 84.9 Å². The van der Waals surface area contributed by atoms with Crippen molar-refractivity contribution in [1.82, 2.24) is 14.9 Å². The minimum Gasteiger partial charge on any atom is -0.320 e. The highest BCUT2D eigenvalue weighted by atomic mass is 19.3. The number of anilines is 1. The highest BCUT2D eigenvalue weighted by Gasteiger charge is 2.30. The first-order chi connectivity index (χ1) is 16.1. The molecule has 2 aromatic carbocycles. The second kappa shape index (κ2) is 14.1. The minimum absolute atomic E-state index is 0.0767. The summed E-state index contributed by atoms with van der Waals surface area (Å²) in [5.74, 6) is 0.993. The number of alkyl halides is 2. The van der Waals surface area contributed by atoms with E-state index < -0.39 is 6.43 Å². The second-order valence-corrected chi connectivity index (χ2v) is 6.39. The molecule has 1 aromatic heterocycles. The number of aromatic nitrogens is 2. The summed E-state index contributed by atoms with van der Waals surface area (Å²) in [7, 11) is 0. The molecule has 1 saturated heterocycles. The van der Waals surface area contributed by atoms with E-state index in [0.717, 1.165) is 5.39 Å². The van der Waals surface area contributed by atoms with Crippen LogP contribution in [0.2, 0.25) is 0 Å². The van der Waals surface area contributed by atoms with Crippen molar-refractivity contribution in [3.63, 3.8) is 0 Å². The Morgan fingerprint density at radius 1 is 0.909 bits per heavy atom. The van der Waals surface area contributed by atoms with Crippen LogP contribution in [0.5, 0.6) is 0 Å². The summed E-state index contributed by atoms with van der Waals surface area (Å²) in [6.07, 6.45) is -2.16. The lowest BCUT2D eigenvalue weighted by Gasteiger charge is -2.43. The molecule has 5 nitrogen and oxygen atoms in total. The SMILES string of the molecule is CC.CC.CC.CCC(=O)N1CN(c2nc(-c3ccccc3C(F)F)nc3ccccc23)C1. The number of carbonyl (C=O) groups is 1. The third kappa shape index (κ3) is 6.46. The molecule has 0 spiro atoms. The number of carbonyl (C=O) groups excluding carboxylic acids is 1. The quantitative estimate of drug-likeness (QED) is 0.412. The van der Waals surface area contributed by atoms with Gasteiger partial charge in [-0.25, -0.2) is 18.7 Å². The topological polar surface area (TPSA) is 49.3 Å². The third-order valence-corrected chi connectivity index (χ3v) is 4.66. The number of hydrogen-bond acceptors (Lipinski definition) is 4. The highest BCUT2D eigenvalue weighted by molar-refractivity contribution is 5.92. The third-order valence-electron chi connectivity index (χ3n) is 4.66. The predicted octanol–water partition coefficient (Wildman–Crippen LogP) is 7.29. The lowest BCUT2D eigenvalue weighted by Crippen LogP contribution is -2.58. The lowest BCUT2D eigenvalue weighted by molar-refractivity contribution is -0.134. The zero-order valence-electron chi connectivity index (χ0n) is 20.8. The van der Waals surface area contributed by atoms with Crippen LogP contribution in [0.3, 0.4) is 0 Å². The number of hydrogen-bond donors (Lipinski definition) is 0. The van der Waals surface area contributed by atoms with E-state index in [2.05, 4.69) is 9.97 Å². The monoisotopic (exact) mass is 458 g/mol. The molecule has 1 fully saturated rings. The van der Waals surface area contributed by atoms with E-state index in [0.29, 0.717) is 36.7 Å². The summed E-state index contributed by atoms with van der Waals surface area (Å²) in [4.78, 5) is 24.6. The van der Waals surface area contributed by atoms with Gasteiger partial charge in [-0.3, -0.25) is 4.79 Å². The molecule has 0 unspecified atom stereocenters. The van der Waals surface area contributed by atoms with Crippen LogP contribution in [-0.2, 0) is 4.79 Å². The van der Waals surface area contributed by atoms with Crippen molar-refractivity contribution in [2.75, 3.05) is 18.2 Å². The van der Waals surface area contributed by atoms with Crippen LogP contribution in [-0.4, -0.2) is 34.1 Å². The van der Waals surface area contributed by atoms with Gasteiger partial charge in [0.1, 0.15) is 5.82 Å². The summed E-state index contributed by atoms with van der Waals surface area (Å²) < 4.78 is 26.9. The molecule has 0 saturated carbocycles. The molecule has 1 aliphatic heterocycles. The van der Waals surface area contributed by atoms with Crippen molar-refractivity contribution in [3.8, 4) is 11.4 Å². The summed E-state index contributed by atoms with van der Waals surface area (Å²) >= 11 is 0. The van der Waals surface area contributed by atoms with Gasteiger partial charge < -0.3 is 9.80 Å². The number of fused-ring (bicyclic) bond motifs is 1. The van der Waals surface area contributed by atoms with Gasteiger partial charge in [-0.15, -0.1) is 0 Å². The van der Waals surface area contributed by atoms with E-state index in [-0.39, 0.29) is 17.3 Å². The molecule has 7 heteroatoms. The smallest absolute Gasteiger partial charge is 0.264 e. The Morgan fingerprint density at radius 3 is 2.09 bits per heavy atom. The second-order valence-electron chi connectivity index (χ2n) is 6.39. The van der Waals surface area contributed by atoms with Crippen LogP contribution in [0.15, 0.2) is 48.5 Å². The molecule has 33 heavy (non-hydrogen) atoms. The van der Waals surface area contributed by atoms with Gasteiger partial charge in [-0.2, -0.15) is 0 Å². The molecule has 1 amide bonds.